The second kappa shape index (κ2) is 4.48. The van der Waals surface area contributed by atoms with Crippen molar-refractivity contribution < 1.29 is 9.90 Å². The minimum atomic E-state index is -0.879. The largest absolute Gasteiger partial charge is 0.480 e. The topological polar surface area (TPSA) is 67.2 Å². The molecular formula is C11H11N3O2. The molecule has 0 saturated heterocycles. The van der Waals surface area contributed by atoms with Gasteiger partial charge >= 0.3 is 5.97 Å². The summed E-state index contributed by atoms with van der Waals surface area (Å²) in [6.45, 7) is -0.0822. The average Bonchev–Trinajstić information content (AvgIpc) is 2.80. The lowest BCUT2D eigenvalue weighted by atomic mass is 10.3. The van der Waals surface area contributed by atoms with Gasteiger partial charge in [0.2, 0.25) is 0 Å². The maximum atomic E-state index is 10.3. The molecule has 0 saturated carbocycles. The second-order valence-corrected chi connectivity index (χ2v) is 3.24. The minimum Gasteiger partial charge on any atom is -0.480 e. The molecule has 0 aliphatic rings. The summed E-state index contributed by atoms with van der Waals surface area (Å²) in [4.78, 5) is 10.3. The Bertz CT molecular complexity index is 462. The van der Waals surface area contributed by atoms with Crippen LogP contribution < -0.4 is 5.32 Å². The van der Waals surface area contributed by atoms with Crippen molar-refractivity contribution in [3.8, 4) is 5.69 Å². The van der Waals surface area contributed by atoms with Gasteiger partial charge < -0.3 is 10.4 Å². The fourth-order valence-corrected chi connectivity index (χ4v) is 1.33. The van der Waals surface area contributed by atoms with Crippen LogP contribution in [0.2, 0.25) is 0 Å². The highest BCUT2D eigenvalue weighted by Crippen LogP contribution is 2.11. The van der Waals surface area contributed by atoms with E-state index in [1.807, 2.05) is 36.5 Å². The normalized spacial score (nSPS) is 10.0. The van der Waals surface area contributed by atoms with E-state index < -0.39 is 5.97 Å². The number of aromatic nitrogens is 2. The van der Waals surface area contributed by atoms with Crippen LogP contribution in [0.3, 0.4) is 0 Å². The second-order valence-electron chi connectivity index (χ2n) is 3.24. The molecule has 2 rings (SSSR count). The molecule has 0 atom stereocenters. The number of carboxylic acid groups (broad SMARTS) is 1. The lowest BCUT2D eigenvalue weighted by molar-refractivity contribution is -0.134. The van der Waals surface area contributed by atoms with Gasteiger partial charge in [-0.15, -0.1) is 0 Å². The van der Waals surface area contributed by atoms with E-state index in [9.17, 15) is 4.79 Å². The number of hydrogen-bond donors (Lipinski definition) is 2. The Morgan fingerprint density at radius 2 is 2.12 bits per heavy atom. The molecule has 1 aromatic heterocycles. The van der Waals surface area contributed by atoms with E-state index in [2.05, 4.69) is 10.4 Å². The molecule has 0 unspecified atom stereocenters. The number of aliphatic carboxylic acids is 1. The van der Waals surface area contributed by atoms with Crippen molar-refractivity contribution in [2.75, 3.05) is 11.9 Å². The van der Waals surface area contributed by atoms with Gasteiger partial charge in [0.15, 0.2) is 0 Å². The molecule has 2 aromatic rings. The molecule has 0 fully saturated rings. The van der Waals surface area contributed by atoms with E-state index >= 15 is 0 Å². The van der Waals surface area contributed by atoms with Gasteiger partial charge in [-0.2, -0.15) is 5.10 Å². The predicted octanol–water partition coefficient (Wildman–Crippen LogP) is 1.37. The quantitative estimate of drug-likeness (QED) is 0.811. The molecule has 0 bridgehead atoms. The lowest BCUT2D eigenvalue weighted by Gasteiger charge is -2.05. The summed E-state index contributed by atoms with van der Waals surface area (Å²) in [6, 6.07) is 9.23. The van der Waals surface area contributed by atoms with Crippen LogP contribution in [0.25, 0.3) is 5.69 Å². The van der Waals surface area contributed by atoms with Gasteiger partial charge in [-0.3, -0.25) is 4.79 Å². The Kier molecular flexibility index (Phi) is 2.86. The van der Waals surface area contributed by atoms with Gasteiger partial charge in [0.1, 0.15) is 6.54 Å². The van der Waals surface area contributed by atoms with E-state index in [1.165, 1.54) is 0 Å². The Hall–Kier alpha value is -2.30. The summed E-state index contributed by atoms with van der Waals surface area (Å²) in [5.41, 5.74) is 1.71. The molecule has 0 spiro atoms. The summed E-state index contributed by atoms with van der Waals surface area (Å²) < 4.78 is 1.74. The Morgan fingerprint density at radius 1 is 1.38 bits per heavy atom. The van der Waals surface area contributed by atoms with Crippen LogP contribution in [-0.2, 0) is 4.79 Å². The predicted molar refractivity (Wildman–Crippen MR) is 59.7 cm³/mol. The summed E-state index contributed by atoms with van der Waals surface area (Å²) in [6.07, 6.45) is 3.55. The van der Waals surface area contributed by atoms with Crippen LogP contribution in [0.4, 0.5) is 5.69 Å². The molecule has 1 aromatic carbocycles. The smallest absolute Gasteiger partial charge is 0.322 e. The first-order valence-corrected chi connectivity index (χ1v) is 4.81. The SMILES string of the molecule is O=C(O)CNc1ccc(-n2cccn2)cc1. The van der Waals surface area contributed by atoms with Gasteiger partial charge in [-0.05, 0) is 30.3 Å². The van der Waals surface area contributed by atoms with E-state index in [-0.39, 0.29) is 6.54 Å². The van der Waals surface area contributed by atoms with Crippen LogP contribution in [0, 0.1) is 0 Å². The third-order valence-corrected chi connectivity index (χ3v) is 2.08. The highest BCUT2D eigenvalue weighted by molar-refractivity contribution is 5.72. The highest BCUT2D eigenvalue weighted by atomic mass is 16.4. The van der Waals surface area contributed by atoms with Crippen molar-refractivity contribution in [3.63, 3.8) is 0 Å². The first-order chi connectivity index (χ1) is 7.75. The fourth-order valence-electron chi connectivity index (χ4n) is 1.33. The Balaban J connectivity index is 2.08. The van der Waals surface area contributed by atoms with Crippen molar-refractivity contribution in [2.24, 2.45) is 0 Å². The fraction of sp³-hybridized carbons (Fsp3) is 0.0909. The summed E-state index contributed by atoms with van der Waals surface area (Å²) in [5.74, 6) is -0.879. The number of rotatable bonds is 4. The van der Waals surface area contributed by atoms with E-state index in [1.54, 1.807) is 10.9 Å². The number of carbonyl (C=O) groups is 1. The molecule has 0 aliphatic carbocycles. The number of anilines is 1. The third-order valence-electron chi connectivity index (χ3n) is 2.08. The van der Waals surface area contributed by atoms with Gasteiger partial charge in [-0.25, -0.2) is 4.68 Å². The first-order valence-electron chi connectivity index (χ1n) is 4.81. The number of benzene rings is 1. The third kappa shape index (κ3) is 2.38. The molecule has 82 valence electrons. The molecule has 5 nitrogen and oxygen atoms in total. The van der Waals surface area contributed by atoms with Gasteiger partial charge in [0, 0.05) is 18.1 Å². The van der Waals surface area contributed by atoms with Crippen LogP contribution in [0.1, 0.15) is 0 Å². The number of carboxylic acids is 1. The highest BCUT2D eigenvalue weighted by Gasteiger charge is 1.98. The minimum absolute atomic E-state index is 0.0822. The molecule has 0 radical (unpaired) electrons. The first kappa shape index (κ1) is 10.2. The lowest BCUT2D eigenvalue weighted by Crippen LogP contribution is -2.12. The van der Waals surface area contributed by atoms with Crippen LogP contribution in [0.15, 0.2) is 42.7 Å². The summed E-state index contributed by atoms with van der Waals surface area (Å²) in [7, 11) is 0. The summed E-state index contributed by atoms with van der Waals surface area (Å²) >= 11 is 0. The average molecular weight is 217 g/mol. The molecule has 0 amide bonds. The number of nitrogens with one attached hydrogen (secondary N) is 1. The molecule has 16 heavy (non-hydrogen) atoms. The zero-order valence-corrected chi connectivity index (χ0v) is 8.50. The van der Waals surface area contributed by atoms with Gasteiger partial charge in [-0.1, -0.05) is 0 Å². The number of hydrogen-bond acceptors (Lipinski definition) is 3. The molecule has 1 heterocycles. The maximum Gasteiger partial charge on any atom is 0.322 e. The van der Waals surface area contributed by atoms with Gasteiger partial charge in [0.05, 0.1) is 5.69 Å². The molecule has 5 heteroatoms. The zero-order chi connectivity index (χ0) is 11.4. The standard InChI is InChI=1S/C11H11N3O2/c15-11(16)8-12-9-2-4-10(5-3-9)14-7-1-6-13-14/h1-7,12H,8H2,(H,15,16). The van der Waals surface area contributed by atoms with Crippen molar-refractivity contribution >= 4 is 11.7 Å². The van der Waals surface area contributed by atoms with Crippen molar-refractivity contribution in [2.45, 2.75) is 0 Å². The van der Waals surface area contributed by atoms with Crippen LogP contribution in [-0.4, -0.2) is 27.4 Å². The van der Waals surface area contributed by atoms with Crippen LogP contribution >= 0.6 is 0 Å². The summed E-state index contributed by atoms with van der Waals surface area (Å²) in [5, 5.41) is 15.4. The van der Waals surface area contributed by atoms with E-state index in [0.29, 0.717) is 0 Å². The molecule has 2 N–H and O–H groups in total. The van der Waals surface area contributed by atoms with E-state index in [4.69, 9.17) is 5.11 Å². The van der Waals surface area contributed by atoms with Crippen molar-refractivity contribution in [1.29, 1.82) is 0 Å². The molecule has 0 aliphatic heterocycles. The van der Waals surface area contributed by atoms with Crippen molar-refractivity contribution in [1.82, 2.24) is 9.78 Å². The Morgan fingerprint density at radius 3 is 2.69 bits per heavy atom. The van der Waals surface area contributed by atoms with E-state index in [0.717, 1.165) is 11.4 Å². The monoisotopic (exact) mass is 217 g/mol. The maximum absolute atomic E-state index is 10.3. The van der Waals surface area contributed by atoms with Crippen LogP contribution in [0.5, 0.6) is 0 Å². The van der Waals surface area contributed by atoms with Crippen molar-refractivity contribution in [3.05, 3.63) is 42.7 Å². The zero-order valence-electron chi connectivity index (χ0n) is 8.50. The Labute approximate surface area is 92.3 Å². The number of nitrogens with zero attached hydrogens (tertiary/aromatic N) is 2. The molecular weight excluding hydrogens is 206 g/mol. The van der Waals surface area contributed by atoms with Gasteiger partial charge in [0.25, 0.3) is 0 Å².